The highest BCUT2D eigenvalue weighted by molar-refractivity contribution is 5.52. The summed E-state index contributed by atoms with van der Waals surface area (Å²) >= 11 is 0. The number of hydrogen-bond donors (Lipinski definition) is 1. The third-order valence-electron chi connectivity index (χ3n) is 2.52. The average Bonchev–Trinajstić information content (AvgIpc) is 2.85. The Labute approximate surface area is 106 Å². The minimum atomic E-state index is 0.398. The number of pyridine rings is 1. The monoisotopic (exact) mass is 247 g/mol. The summed E-state index contributed by atoms with van der Waals surface area (Å²) in [4.78, 5) is 10.6. The van der Waals surface area contributed by atoms with E-state index in [4.69, 9.17) is 10.3 Å². The molecule has 2 aromatic rings. The molecule has 6 heteroatoms. The molecule has 0 aliphatic carbocycles. The van der Waals surface area contributed by atoms with Crippen LogP contribution in [0.5, 0.6) is 0 Å². The molecule has 0 bridgehead atoms. The molecule has 96 valence electrons. The molecule has 0 aromatic carbocycles. The zero-order valence-corrected chi connectivity index (χ0v) is 10.6. The van der Waals surface area contributed by atoms with Crippen molar-refractivity contribution in [3.05, 3.63) is 29.8 Å². The number of aromatic nitrogens is 3. The van der Waals surface area contributed by atoms with Gasteiger partial charge in [-0.25, -0.2) is 0 Å². The Morgan fingerprint density at radius 2 is 2.22 bits per heavy atom. The molecule has 0 saturated carbocycles. The molecule has 0 spiro atoms. The predicted molar refractivity (Wildman–Crippen MR) is 67.7 cm³/mol. The fourth-order valence-corrected chi connectivity index (χ4v) is 1.52. The van der Waals surface area contributed by atoms with Gasteiger partial charge in [-0.3, -0.25) is 4.98 Å². The third-order valence-corrected chi connectivity index (χ3v) is 2.52. The van der Waals surface area contributed by atoms with Crippen molar-refractivity contribution in [3.8, 4) is 11.5 Å². The molecule has 2 heterocycles. The normalized spacial score (nSPS) is 11.1. The SMILES string of the molecule is CN(C)CCc1noc(-c2ccnc(CN)c2)n1. The molecule has 0 radical (unpaired) electrons. The van der Waals surface area contributed by atoms with Gasteiger partial charge in [0.2, 0.25) is 0 Å². The zero-order chi connectivity index (χ0) is 13.0. The number of nitrogens with two attached hydrogens (primary N) is 1. The minimum absolute atomic E-state index is 0.398. The summed E-state index contributed by atoms with van der Waals surface area (Å²) in [7, 11) is 4.02. The first-order chi connectivity index (χ1) is 8.69. The van der Waals surface area contributed by atoms with Crippen LogP contribution in [0.3, 0.4) is 0 Å². The molecule has 2 rings (SSSR count). The second kappa shape index (κ2) is 5.70. The van der Waals surface area contributed by atoms with Crippen LogP contribution in [0, 0.1) is 0 Å². The Morgan fingerprint density at radius 1 is 1.39 bits per heavy atom. The van der Waals surface area contributed by atoms with E-state index >= 15 is 0 Å². The van der Waals surface area contributed by atoms with E-state index in [0.717, 1.165) is 24.2 Å². The lowest BCUT2D eigenvalue weighted by Crippen LogP contribution is -2.15. The molecule has 0 aliphatic heterocycles. The molecular weight excluding hydrogens is 230 g/mol. The van der Waals surface area contributed by atoms with Gasteiger partial charge in [0.1, 0.15) is 0 Å². The van der Waals surface area contributed by atoms with Crippen molar-refractivity contribution < 1.29 is 4.52 Å². The van der Waals surface area contributed by atoms with E-state index in [-0.39, 0.29) is 0 Å². The highest BCUT2D eigenvalue weighted by Crippen LogP contribution is 2.17. The van der Waals surface area contributed by atoms with Gasteiger partial charge in [-0.2, -0.15) is 4.98 Å². The van der Waals surface area contributed by atoms with Crippen LogP contribution in [0.2, 0.25) is 0 Å². The van der Waals surface area contributed by atoms with Gasteiger partial charge < -0.3 is 15.2 Å². The van der Waals surface area contributed by atoms with E-state index in [9.17, 15) is 0 Å². The van der Waals surface area contributed by atoms with Crippen LogP contribution in [-0.4, -0.2) is 40.7 Å². The molecule has 0 saturated heterocycles. The zero-order valence-electron chi connectivity index (χ0n) is 10.6. The maximum atomic E-state index is 5.55. The van der Waals surface area contributed by atoms with Crippen LogP contribution in [0.4, 0.5) is 0 Å². The maximum absolute atomic E-state index is 5.55. The van der Waals surface area contributed by atoms with Crippen molar-refractivity contribution >= 4 is 0 Å². The summed E-state index contributed by atoms with van der Waals surface area (Å²) in [6.45, 7) is 1.29. The first-order valence-electron chi connectivity index (χ1n) is 5.81. The summed E-state index contributed by atoms with van der Waals surface area (Å²) in [5.74, 6) is 1.23. The second-order valence-corrected chi connectivity index (χ2v) is 4.31. The van der Waals surface area contributed by atoms with Crippen LogP contribution in [0.1, 0.15) is 11.5 Å². The average molecular weight is 247 g/mol. The number of rotatable bonds is 5. The lowest BCUT2D eigenvalue weighted by atomic mass is 10.2. The van der Waals surface area contributed by atoms with Gasteiger partial charge in [0.25, 0.3) is 5.89 Å². The van der Waals surface area contributed by atoms with Gasteiger partial charge in [0.15, 0.2) is 5.82 Å². The molecule has 0 unspecified atom stereocenters. The summed E-state index contributed by atoms with van der Waals surface area (Å²) in [6, 6.07) is 3.70. The van der Waals surface area contributed by atoms with Gasteiger partial charge in [-0.05, 0) is 26.2 Å². The van der Waals surface area contributed by atoms with E-state index in [2.05, 4.69) is 20.0 Å². The standard InChI is InChI=1S/C12H17N5O/c1-17(2)6-4-11-15-12(18-16-11)9-3-5-14-10(7-9)8-13/h3,5,7H,4,6,8,13H2,1-2H3. The summed E-state index contributed by atoms with van der Waals surface area (Å²) in [5, 5.41) is 3.96. The molecule has 0 amide bonds. The molecule has 6 nitrogen and oxygen atoms in total. The predicted octanol–water partition coefficient (Wildman–Crippen LogP) is 0.694. The van der Waals surface area contributed by atoms with Crippen molar-refractivity contribution in [2.75, 3.05) is 20.6 Å². The van der Waals surface area contributed by atoms with Crippen molar-refractivity contribution in [3.63, 3.8) is 0 Å². The van der Waals surface area contributed by atoms with E-state index < -0.39 is 0 Å². The lowest BCUT2D eigenvalue weighted by molar-refractivity contribution is 0.392. The molecule has 2 N–H and O–H groups in total. The fourth-order valence-electron chi connectivity index (χ4n) is 1.52. The van der Waals surface area contributed by atoms with E-state index in [1.807, 2.05) is 26.2 Å². The second-order valence-electron chi connectivity index (χ2n) is 4.31. The van der Waals surface area contributed by atoms with E-state index in [0.29, 0.717) is 18.3 Å². The largest absolute Gasteiger partial charge is 0.334 e. The summed E-state index contributed by atoms with van der Waals surface area (Å²) < 4.78 is 5.23. The van der Waals surface area contributed by atoms with Gasteiger partial charge in [-0.1, -0.05) is 5.16 Å². The Morgan fingerprint density at radius 3 is 2.94 bits per heavy atom. The topological polar surface area (TPSA) is 81.1 Å². The highest BCUT2D eigenvalue weighted by atomic mass is 16.5. The molecule has 0 fully saturated rings. The van der Waals surface area contributed by atoms with Crippen molar-refractivity contribution in [1.82, 2.24) is 20.0 Å². The summed E-state index contributed by atoms with van der Waals surface area (Å²) in [5.41, 5.74) is 7.21. The lowest BCUT2D eigenvalue weighted by Gasteiger charge is -2.05. The van der Waals surface area contributed by atoms with Gasteiger partial charge >= 0.3 is 0 Å². The molecule has 2 aromatic heterocycles. The first-order valence-corrected chi connectivity index (χ1v) is 5.81. The molecule has 0 aliphatic rings. The maximum Gasteiger partial charge on any atom is 0.258 e. The van der Waals surface area contributed by atoms with Crippen LogP contribution >= 0.6 is 0 Å². The minimum Gasteiger partial charge on any atom is -0.334 e. The Bertz CT molecular complexity index is 509. The number of hydrogen-bond acceptors (Lipinski definition) is 6. The van der Waals surface area contributed by atoms with Crippen LogP contribution in [0.25, 0.3) is 11.5 Å². The van der Waals surface area contributed by atoms with Gasteiger partial charge in [0.05, 0.1) is 5.69 Å². The van der Waals surface area contributed by atoms with Crippen LogP contribution in [0.15, 0.2) is 22.9 Å². The third kappa shape index (κ3) is 3.12. The highest BCUT2D eigenvalue weighted by Gasteiger charge is 2.09. The van der Waals surface area contributed by atoms with Crippen LogP contribution < -0.4 is 5.73 Å². The summed E-state index contributed by atoms with van der Waals surface area (Å²) in [6.07, 6.45) is 2.46. The van der Waals surface area contributed by atoms with Crippen molar-refractivity contribution in [1.29, 1.82) is 0 Å². The molecular formula is C12H17N5O. The smallest absolute Gasteiger partial charge is 0.258 e. The Hall–Kier alpha value is -1.79. The fraction of sp³-hybridized carbons (Fsp3) is 0.417. The number of likely N-dealkylation sites (N-methyl/N-ethyl adjacent to an activating group) is 1. The van der Waals surface area contributed by atoms with Gasteiger partial charge in [-0.15, -0.1) is 0 Å². The van der Waals surface area contributed by atoms with E-state index in [1.54, 1.807) is 6.20 Å². The van der Waals surface area contributed by atoms with Crippen LogP contribution in [-0.2, 0) is 13.0 Å². The van der Waals surface area contributed by atoms with Crippen molar-refractivity contribution in [2.45, 2.75) is 13.0 Å². The molecule has 18 heavy (non-hydrogen) atoms. The molecule has 0 atom stereocenters. The van der Waals surface area contributed by atoms with E-state index in [1.165, 1.54) is 0 Å². The quantitative estimate of drug-likeness (QED) is 0.837. The van der Waals surface area contributed by atoms with Crippen molar-refractivity contribution in [2.24, 2.45) is 5.73 Å². The van der Waals surface area contributed by atoms with Gasteiger partial charge in [0, 0.05) is 31.3 Å². The number of nitrogens with zero attached hydrogens (tertiary/aromatic N) is 4. The first kappa shape index (κ1) is 12.7. The Kier molecular flexibility index (Phi) is 4.01. The Balaban J connectivity index is 2.13.